The molecule has 0 unspecified atom stereocenters. The van der Waals surface area contributed by atoms with Gasteiger partial charge in [-0.25, -0.2) is 0 Å². The highest BCUT2D eigenvalue weighted by Gasteiger charge is 2.37. The van der Waals surface area contributed by atoms with Crippen molar-refractivity contribution in [2.45, 2.75) is 31.7 Å². The molecule has 3 aliphatic rings. The van der Waals surface area contributed by atoms with Gasteiger partial charge in [0.1, 0.15) is 5.75 Å². The molecule has 6 bridgehead atoms. The number of fused-ring (bicyclic) bond motifs is 5. The molecule has 0 amide bonds. The predicted octanol–water partition coefficient (Wildman–Crippen LogP) is 6.99. The van der Waals surface area contributed by atoms with E-state index in [0.717, 1.165) is 58.7 Å². The maximum absolute atomic E-state index is 7.00. The summed E-state index contributed by atoms with van der Waals surface area (Å²) in [5.41, 5.74) is 7.38. The Morgan fingerprint density at radius 3 is 2.30 bits per heavy atom. The van der Waals surface area contributed by atoms with Gasteiger partial charge < -0.3 is 33.2 Å². The molecule has 9 nitrogen and oxygen atoms in total. The maximum Gasteiger partial charge on any atom is 0.208 e. The van der Waals surface area contributed by atoms with Crippen LogP contribution in [0.3, 0.4) is 0 Å². The summed E-state index contributed by atoms with van der Waals surface area (Å²) in [6, 6.07) is 18.3. The quantitative estimate of drug-likeness (QED) is 0.232. The Kier molecular flexibility index (Phi) is 8.32. The van der Waals surface area contributed by atoms with E-state index in [-0.39, 0.29) is 6.04 Å². The number of hydrogen-bond acceptors (Lipinski definition) is 9. The zero-order valence-corrected chi connectivity index (χ0v) is 27.8. The van der Waals surface area contributed by atoms with Gasteiger partial charge in [-0.05, 0) is 79.4 Å². The van der Waals surface area contributed by atoms with Crippen molar-refractivity contribution in [3.63, 3.8) is 0 Å². The Morgan fingerprint density at radius 1 is 0.745 bits per heavy atom. The highest BCUT2D eigenvalue weighted by atomic mass is 16.6. The smallest absolute Gasteiger partial charge is 0.208 e. The monoisotopic (exact) mass is 636 g/mol. The molecule has 3 aliphatic heterocycles. The number of nitrogens with zero attached hydrogens (tertiary/aromatic N) is 2. The zero-order chi connectivity index (χ0) is 32.7. The van der Waals surface area contributed by atoms with E-state index in [0.29, 0.717) is 65.4 Å². The number of hydrogen-bond donors (Lipinski definition) is 0. The third-order valence-electron chi connectivity index (χ3n) is 9.41. The van der Waals surface area contributed by atoms with Gasteiger partial charge in [-0.15, -0.1) is 0 Å². The highest BCUT2D eigenvalue weighted by molar-refractivity contribution is 6.04. The second-order valence-corrected chi connectivity index (χ2v) is 12.0. The number of aliphatic imine (C=N–C) groups is 1. The van der Waals surface area contributed by atoms with E-state index in [9.17, 15) is 0 Å². The summed E-state index contributed by atoms with van der Waals surface area (Å²) in [6.07, 6.45) is 2.86. The average Bonchev–Trinajstić information content (AvgIpc) is 3.09. The second kappa shape index (κ2) is 12.7. The number of ether oxygens (including phenoxy) is 7. The lowest BCUT2D eigenvalue weighted by atomic mass is 9.86. The lowest BCUT2D eigenvalue weighted by Gasteiger charge is -2.37. The molecule has 9 heteroatoms. The van der Waals surface area contributed by atoms with E-state index in [1.54, 1.807) is 35.5 Å². The molecule has 0 radical (unpaired) electrons. The van der Waals surface area contributed by atoms with Gasteiger partial charge in [0.2, 0.25) is 11.5 Å². The van der Waals surface area contributed by atoms with Crippen LogP contribution in [0.4, 0.5) is 0 Å². The molecule has 3 heterocycles. The van der Waals surface area contributed by atoms with Crippen LogP contribution in [0, 0.1) is 0 Å². The third-order valence-corrected chi connectivity index (χ3v) is 9.41. The van der Waals surface area contributed by atoms with Crippen molar-refractivity contribution in [2.24, 2.45) is 4.99 Å². The summed E-state index contributed by atoms with van der Waals surface area (Å²) in [7, 11) is 10.4. The van der Waals surface area contributed by atoms with Crippen molar-refractivity contribution in [1.82, 2.24) is 4.90 Å². The summed E-state index contributed by atoms with van der Waals surface area (Å²) in [6.45, 7) is 1.52. The van der Waals surface area contributed by atoms with E-state index < -0.39 is 0 Å². The highest BCUT2D eigenvalue weighted by Crippen LogP contribution is 2.56. The fraction of sp³-hybridized carbons (Fsp3) is 0.342. The number of rotatable bonds is 5. The van der Waals surface area contributed by atoms with Crippen molar-refractivity contribution >= 4 is 5.71 Å². The van der Waals surface area contributed by atoms with E-state index in [1.165, 1.54) is 5.56 Å². The summed E-state index contributed by atoms with van der Waals surface area (Å²) in [4.78, 5) is 7.33. The first kappa shape index (κ1) is 30.7. The summed E-state index contributed by atoms with van der Waals surface area (Å²) in [5, 5.41) is 0. The Balaban J connectivity index is 1.51. The van der Waals surface area contributed by atoms with Crippen molar-refractivity contribution in [2.75, 3.05) is 55.7 Å². The molecule has 0 spiro atoms. The minimum atomic E-state index is -0.0940. The zero-order valence-electron chi connectivity index (χ0n) is 27.8. The first-order valence-corrected chi connectivity index (χ1v) is 15.9. The second-order valence-electron chi connectivity index (χ2n) is 12.0. The molecule has 0 saturated carbocycles. The predicted molar refractivity (Wildman–Crippen MR) is 180 cm³/mol. The van der Waals surface area contributed by atoms with Crippen LogP contribution in [0.5, 0.6) is 51.7 Å². The Bertz CT molecular complexity index is 1870. The van der Waals surface area contributed by atoms with Crippen LogP contribution in [0.1, 0.15) is 39.4 Å². The minimum Gasteiger partial charge on any atom is -0.493 e. The topological polar surface area (TPSA) is 80.2 Å². The molecule has 0 N–H and O–H groups in total. The summed E-state index contributed by atoms with van der Waals surface area (Å²) >= 11 is 0. The van der Waals surface area contributed by atoms with E-state index >= 15 is 0 Å². The number of methoxy groups -OCH3 is 5. The molecule has 1 atom stereocenters. The molecular weight excluding hydrogens is 596 g/mol. The molecular formula is C38H40N2O7. The molecule has 4 aromatic carbocycles. The molecule has 0 fully saturated rings. The largest absolute Gasteiger partial charge is 0.493 e. The van der Waals surface area contributed by atoms with Crippen molar-refractivity contribution in [3.05, 3.63) is 88.0 Å². The normalized spacial score (nSPS) is 16.8. The van der Waals surface area contributed by atoms with Gasteiger partial charge in [0.05, 0.1) is 35.5 Å². The van der Waals surface area contributed by atoms with Crippen LogP contribution in [0.2, 0.25) is 0 Å². The fourth-order valence-electron chi connectivity index (χ4n) is 7.10. The first-order valence-electron chi connectivity index (χ1n) is 15.9. The number of benzene rings is 4. The van der Waals surface area contributed by atoms with Gasteiger partial charge in [0, 0.05) is 48.0 Å². The lowest BCUT2D eigenvalue weighted by molar-refractivity contribution is 0.216. The Labute approximate surface area is 275 Å². The first-order chi connectivity index (χ1) is 23.0. The van der Waals surface area contributed by atoms with Gasteiger partial charge >= 0.3 is 0 Å². The minimum absolute atomic E-state index is 0.0940. The molecule has 0 aromatic heterocycles. The van der Waals surface area contributed by atoms with Crippen LogP contribution in [-0.2, 0) is 25.7 Å². The van der Waals surface area contributed by atoms with Gasteiger partial charge in [-0.2, -0.15) is 0 Å². The van der Waals surface area contributed by atoms with Gasteiger partial charge in [0.15, 0.2) is 34.5 Å². The van der Waals surface area contributed by atoms with Gasteiger partial charge in [-0.3, -0.25) is 9.89 Å². The van der Waals surface area contributed by atoms with E-state index in [4.69, 9.17) is 38.2 Å². The molecule has 244 valence electrons. The molecule has 7 rings (SSSR count). The van der Waals surface area contributed by atoms with Crippen LogP contribution < -0.4 is 33.2 Å². The maximum atomic E-state index is 7.00. The van der Waals surface area contributed by atoms with Gasteiger partial charge in [-0.1, -0.05) is 18.2 Å². The van der Waals surface area contributed by atoms with Crippen LogP contribution in [0.15, 0.2) is 59.6 Å². The standard InChI is InChI=1S/C38H40N2O7/c1-40-15-13-26-34-29(40)18-23-10-11-30(41-2)32(19-23)46-25-9-7-8-22(16-25)17-28-27-21-33(31(42-3)20-24(27)12-14-39-28)47-36(34)38(45-6)37(44-5)35(26)43-4/h7-11,16,19-21,29H,12-15,17-18H2,1-6H3/t29-/m0/s1. The molecule has 4 aromatic rings. The third kappa shape index (κ3) is 5.48. The van der Waals surface area contributed by atoms with Crippen LogP contribution in [-0.4, -0.2) is 66.3 Å². The molecule has 0 saturated heterocycles. The van der Waals surface area contributed by atoms with Gasteiger partial charge in [0.25, 0.3) is 0 Å². The van der Waals surface area contributed by atoms with Crippen LogP contribution in [0.25, 0.3) is 0 Å². The van der Waals surface area contributed by atoms with Crippen molar-refractivity contribution in [1.29, 1.82) is 0 Å². The average molecular weight is 637 g/mol. The molecule has 47 heavy (non-hydrogen) atoms. The Hall–Kier alpha value is -4.89. The fourth-order valence-corrected chi connectivity index (χ4v) is 7.10. The van der Waals surface area contributed by atoms with Crippen molar-refractivity contribution in [3.8, 4) is 51.7 Å². The SMILES string of the molecule is COc1ccc2cc1Oc1cccc(c1)CC1=NCCc3cc(OC)c(cc31)Oc1c(OC)c(OC)c(OC)c3c1[C@H](C2)N(C)CC3. The molecule has 0 aliphatic carbocycles. The number of likely N-dealkylation sites (N-methyl/N-ethyl adjacent to an activating group) is 1. The summed E-state index contributed by atoms with van der Waals surface area (Å²) in [5.74, 6) is 5.46. The van der Waals surface area contributed by atoms with E-state index in [2.05, 4.69) is 48.3 Å². The lowest BCUT2D eigenvalue weighted by Crippen LogP contribution is -2.34. The van der Waals surface area contributed by atoms with E-state index in [1.807, 2.05) is 18.2 Å². The van der Waals surface area contributed by atoms with Crippen molar-refractivity contribution < 1.29 is 33.2 Å². The Morgan fingerprint density at radius 2 is 1.53 bits per heavy atom. The van der Waals surface area contributed by atoms with Crippen LogP contribution >= 0.6 is 0 Å². The summed E-state index contributed by atoms with van der Waals surface area (Å²) < 4.78 is 43.2.